The fourth-order valence-corrected chi connectivity index (χ4v) is 3.79. The molecule has 0 spiro atoms. The smallest absolute Gasteiger partial charge is 0.410 e. The van der Waals surface area contributed by atoms with E-state index in [0.717, 1.165) is 0 Å². The first kappa shape index (κ1) is 28.0. The predicted molar refractivity (Wildman–Crippen MR) is 122 cm³/mol. The number of hydrogen-bond acceptors (Lipinski definition) is 10. The summed E-state index contributed by atoms with van der Waals surface area (Å²) >= 11 is 0. The number of fused-ring (bicyclic) bond motifs is 1. The van der Waals surface area contributed by atoms with Crippen LogP contribution >= 0.6 is 0 Å². The molecule has 2 rings (SSSR count). The molecule has 13 nitrogen and oxygen atoms in total. The molecule has 1 heterocycles. The molecule has 1 aliphatic rings. The first-order valence-corrected chi connectivity index (χ1v) is 12.1. The van der Waals surface area contributed by atoms with E-state index < -0.39 is 58.6 Å². The average molecular weight is 516 g/mol. The number of methoxy groups -OCH3 is 1. The molecule has 0 saturated heterocycles. The Bertz CT molecular complexity index is 1080. The minimum absolute atomic E-state index is 0.00440. The van der Waals surface area contributed by atoms with Gasteiger partial charge in [0.05, 0.1) is 23.5 Å². The van der Waals surface area contributed by atoms with Gasteiger partial charge in [0.1, 0.15) is 18.9 Å². The number of imide groups is 1. The number of nitrogens with one attached hydrogen (secondary N) is 1. The van der Waals surface area contributed by atoms with Gasteiger partial charge in [0.2, 0.25) is 0 Å². The molecular formula is C21H29N3O10S. The monoisotopic (exact) mass is 515 g/mol. The summed E-state index contributed by atoms with van der Waals surface area (Å²) in [5.74, 6) is -3.31. The number of anilines is 1. The molecular weight excluding hydrogens is 486 g/mol. The van der Waals surface area contributed by atoms with Crippen molar-refractivity contribution in [3.8, 4) is 0 Å². The Hall–Kier alpha value is -3.23. The minimum Gasteiger partial charge on any atom is -0.480 e. The van der Waals surface area contributed by atoms with Gasteiger partial charge in [-0.05, 0) is 39.0 Å². The normalized spacial score (nSPS) is 13.5. The Morgan fingerprint density at radius 1 is 1.11 bits per heavy atom. The van der Waals surface area contributed by atoms with Gasteiger partial charge < -0.3 is 24.8 Å². The van der Waals surface area contributed by atoms with E-state index in [2.05, 4.69) is 5.32 Å². The Morgan fingerprint density at radius 2 is 1.77 bits per heavy atom. The standard InChI is InChI=1S/C21H29N3O10S/c1-21(2,3)34-20(29)23(7-9-32-4)8-10-35(30,31)33-13-22-14-5-6-15-16(11-14)19(28)24(18(15)27)12-17(25)26/h5-6,11,22H,7-10,12-13H2,1-4H3,(H,25,26). The highest BCUT2D eigenvalue weighted by atomic mass is 32.2. The molecule has 0 unspecified atom stereocenters. The lowest BCUT2D eigenvalue weighted by atomic mass is 10.1. The van der Waals surface area contributed by atoms with Gasteiger partial charge in [-0.15, -0.1) is 0 Å². The second kappa shape index (κ2) is 11.5. The first-order valence-electron chi connectivity index (χ1n) is 10.5. The SMILES string of the molecule is COCCN(CCS(=O)(=O)OCNc1ccc2c(c1)C(=O)N(CC(=O)O)C2=O)C(=O)OC(C)(C)C. The van der Waals surface area contributed by atoms with Gasteiger partial charge in [-0.25, -0.2) is 8.98 Å². The molecule has 1 aromatic carbocycles. The van der Waals surface area contributed by atoms with E-state index in [4.69, 9.17) is 18.8 Å². The van der Waals surface area contributed by atoms with Gasteiger partial charge >= 0.3 is 12.1 Å². The molecule has 35 heavy (non-hydrogen) atoms. The van der Waals surface area contributed by atoms with Crippen LogP contribution in [0.1, 0.15) is 41.5 Å². The Morgan fingerprint density at radius 3 is 2.37 bits per heavy atom. The van der Waals surface area contributed by atoms with Crippen LogP contribution in [-0.2, 0) is 28.6 Å². The zero-order valence-corrected chi connectivity index (χ0v) is 20.7. The zero-order valence-electron chi connectivity index (χ0n) is 19.9. The first-order chi connectivity index (χ1) is 16.2. The van der Waals surface area contributed by atoms with Gasteiger partial charge in [-0.2, -0.15) is 8.42 Å². The molecule has 0 fully saturated rings. The van der Waals surface area contributed by atoms with E-state index in [1.165, 1.54) is 30.2 Å². The third-order valence-electron chi connectivity index (χ3n) is 4.61. The van der Waals surface area contributed by atoms with Gasteiger partial charge in [0.15, 0.2) is 0 Å². The van der Waals surface area contributed by atoms with Crippen molar-refractivity contribution >= 4 is 39.7 Å². The molecule has 0 saturated carbocycles. The van der Waals surface area contributed by atoms with Crippen LogP contribution in [0.3, 0.4) is 0 Å². The topological polar surface area (TPSA) is 169 Å². The number of carboxylic acid groups (broad SMARTS) is 1. The average Bonchev–Trinajstić information content (AvgIpc) is 2.96. The van der Waals surface area contributed by atoms with E-state index in [1.54, 1.807) is 20.8 Å². The molecule has 0 aliphatic carbocycles. The third-order valence-corrected chi connectivity index (χ3v) is 5.77. The third kappa shape index (κ3) is 8.19. The molecule has 0 radical (unpaired) electrons. The van der Waals surface area contributed by atoms with Crippen molar-refractivity contribution in [2.75, 3.05) is 51.2 Å². The molecule has 3 amide bonds. The maximum atomic E-state index is 12.3. The highest BCUT2D eigenvalue weighted by Crippen LogP contribution is 2.25. The van der Waals surface area contributed by atoms with Crippen molar-refractivity contribution in [2.24, 2.45) is 0 Å². The number of carbonyl (C=O) groups is 4. The van der Waals surface area contributed by atoms with Crippen molar-refractivity contribution < 1.29 is 46.4 Å². The molecule has 2 N–H and O–H groups in total. The molecule has 0 aromatic heterocycles. The maximum absolute atomic E-state index is 12.3. The predicted octanol–water partition coefficient (Wildman–Crippen LogP) is 0.967. The van der Waals surface area contributed by atoms with Crippen molar-refractivity contribution in [3.63, 3.8) is 0 Å². The fourth-order valence-electron chi connectivity index (χ4n) is 2.99. The van der Waals surface area contributed by atoms with Crippen molar-refractivity contribution in [3.05, 3.63) is 29.3 Å². The second-order valence-electron chi connectivity index (χ2n) is 8.51. The molecule has 0 atom stereocenters. The molecule has 1 aliphatic heterocycles. The summed E-state index contributed by atoms with van der Waals surface area (Å²) in [6.07, 6.45) is -0.683. The highest BCUT2D eigenvalue weighted by Gasteiger charge is 2.36. The summed E-state index contributed by atoms with van der Waals surface area (Å²) in [4.78, 5) is 49.5. The molecule has 14 heteroatoms. The largest absolute Gasteiger partial charge is 0.480 e. The van der Waals surface area contributed by atoms with Crippen molar-refractivity contribution in [1.29, 1.82) is 0 Å². The maximum Gasteiger partial charge on any atom is 0.410 e. The number of carbonyl (C=O) groups excluding carboxylic acids is 3. The van der Waals surface area contributed by atoms with Gasteiger partial charge in [-0.3, -0.25) is 19.3 Å². The van der Waals surface area contributed by atoms with Crippen LogP contribution < -0.4 is 5.32 Å². The van der Waals surface area contributed by atoms with E-state index in [-0.39, 0.29) is 36.5 Å². The number of rotatable bonds is 12. The second-order valence-corrected chi connectivity index (χ2v) is 10.3. The highest BCUT2D eigenvalue weighted by molar-refractivity contribution is 7.86. The number of ether oxygens (including phenoxy) is 2. The quantitative estimate of drug-likeness (QED) is 0.231. The van der Waals surface area contributed by atoms with E-state index in [9.17, 15) is 27.6 Å². The summed E-state index contributed by atoms with van der Waals surface area (Å²) in [5.41, 5.74) is -0.426. The zero-order chi connectivity index (χ0) is 26.4. The van der Waals surface area contributed by atoms with Crippen molar-refractivity contribution in [1.82, 2.24) is 9.80 Å². The summed E-state index contributed by atoms with van der Waals surface area (Å²) in [6, 6.07) is 4.07. The van der Waals surface area contributed by atoms with Crippen LogP contribution in [0, 0.1) is 0 Å². The lowest BCUT2D eigenvalue weighted by Crippen LogP contribution is -2.41. The minimum atomic E-state index is -4.05. The number of carboxylic acids is 1. The lowest BCUT2D eigenvalue weighted by molar-refractivity contribution is -0.137. The Labute approximate surface area is 203 Å². The van der Waals surface area contributed by atoms with Gasteiger partial charge in [0.25, 0.3) is 21.9 Å². The summed E-state index contributed by atoms with van der Waals surface area (Å²) in [6.45, 7) is 3.96. The van der Waals surface area contributed by atoms with Gasteiger partial charge in [-0.1, -0.05) is 0 Å². The van der Waals surface area contributed by atoms with Crippen LogP contribution in [-0.4, -0.2) is 98.6 Å². The van der Waals surface area contributed by atoms with Crippen LogP contribution in [0.5, 0.6) is 0 Å². The summed E-state index contributed by atoms with van der Waals surface area (Å²) in [7, 11) is -2.60. The molecule has 194 valence electrons. The number of amides is 3. The Kier molecular flexibility index (Phi) is 9.18. The van der Waals surface area contributed by atoms with E-state index in [1.807, 2.05) is 0 Å². The van der Waals surface area contributed by atoms with Crippen LogP contribution in [0.25, 0.3) is 0 Å². The lowest BCUT2D eigenvalue weighted by Gasteiger charge is -2.27. The van der Waals surface area contributed by atoms with Crippen LogP contribution in [0.15, 0.2) is 18.2 Å². The number of hydrogen-bond donors (Lipinski definition) is 2. The Balaban J connectivity index is 1.94. The number of nitrogens with zero attached hydrogens (tertiary/aromatic N) is 2. The number of aliphatic carboxylic acids is 1. The summed E-state index contributed by atoms with van der Waals surface area (Å²) < 4.78 is 39.8. The van der Waals surface area contributed by atoms with Crippen LogP contribution in [0.2, 0.25) is 0 Å². The van der Waals surface area contributed by atoms with E-state index >= 15 is 0 Å². The molecule has 0 bridgehead atoms. The van der Waals surface area contributed by atoms with Gasteiger partial charge in [0, 0.05) is 25.9 Å². The van der Waals surface area contributed by atoms with Crippen molar-refractivity contribution in [2.45, 2.75) is 26.4 Å². The van der Waals surface area contributed by atoms with Crippen LogP contribution in [0.4, 0.5) is 10.5 Å². The fraction of sp³-hybridized carbons (Fsp3) is 0.524. The van der Waals surface area contributed by atoms with E-state index in [0.29, 0.717) is 4.90 Å². The number of benzene rings is 1. The molecule has 1 aromatic rings. The summed E-state index contributed by atoms with van der Waals surface area (Å²) in [5, 5.41) is 11.5.